The van der Waals surface area contributed by atoms with Gasteiger partial charge in [0.2, 0.25) is 0 Å². The Morgan fingerprint density at radius 1 is 1.37 bits per heavy atom. The molecule has 3 rings (SSSR count). The van der Waals surface area contributed by atoms with Crippen molar-refractivity contribution in [2.75, 3.05) is 18.5 Å². The third kappa shape index (κ3) is 2.73. The fourth-order valence-corrected chi connectivity index (χ4v) is 3.32. The van der Waals surface area contributed by atoms with E-state index in [4.69, 9.17) is 4.74 Å². The number of hydrogen-bond donors (Lipinski definition) is 1. The fraction of sp³-hybridized carbons (Fsp3) is 0.400. The van der Waals surface area contributed by atoms with Crippen molar-refractivity contribution in [3.8, 4) is 5.75 Å². The highest BCUT2D eigenvalue weighted by Gasteiger charge is 2.15. The first-order chi connectivity index (χ1) is 9.36. The van der Waals surface area contributed by atoms with Gasteiger partial charge in [-0.05, 0) is 18.1 Å². The summed E-state index contributed by atoms with van der Waals surface area (Å²) in [6.45, 7) is 3.89. The van der Waals surface area contributed by atoms with Gasteiger partial charge in [0.15, 0.2) is 0 Å². The normalized spacial score (nSPS) is 13.1. The second-order valence-corrected chi connectivity index (χ2v) is 5.78. The predicted molar refractivity (Wildman–Crippen MR) is 79.3 cm³/mol. The SMILES string of the molecule is CCc1ccccc1OCCc1nc2c(s1)CCN2. The first kappa shape index (κ1) is 12.5. The number of aryl methyl sites for hydroxylation is 1. The highest BCUT2D eigenvalue weighted by molar-refractivity contribution is 7.12. The smallest absolute Gasteiger partial charge is 0.140 e. The molecule has 0 amide bonds. The Hall–Kier alpha value is -1.55. The van der Waals surface area contributed by atoms with Crippen molar-refractivity contribution < 1.29 is 4.74 Å². The number of benzene rings is 1. The van der Waals surface area contributed by atoms with Crippen LogP contribution in [0.3, 0.4) is 0 Å². The van der Waals surface area contributed by atoms with Gasteiger partial charge in [-0.25, -0.2) is 4.98 Å². The fourth-order valence-electron chi connectivity index (χ4n) is 2.29. The number of rotatable bonds is 5. The van der Waals surface area contributed by atoms with Gasteiger partial charge in [0.05, 0.1) is 16.5 Å². The van der Waals surface area contributed by atoms with E-state index in [0.717, 1.165) is 37.4 Å². The van der Waals surface area contributed by atoms with Gasteiger partial charge < -0.3 is 10.1 Å². The lowest BCUT2D eigenvalue weighted by Crippen LogP contribution is -2.03. The molecule has 0 fully saturated rings. The molecule has 3 nitrogen and oxygen atoms in total. The molecule has 0 saturated heterocycles. The number of anilines is 1. The summed E-state index contributed by atoms with van der Waals surface area (Å²) in [6, 6.07) is 8.25. The molecule has 1 aliphatic heterocycles. The summed E-state index contributed by atoms with van der Waals surface area (Å²) in [5.41, 5.74) is 1.27. The minimum atomic E-state index is 0.698. The molecule has 0 unspecified atom stereocenters. The summed E-state index contributed by atoms with van der Waals surface area (Å²) in [4.78, 5) is 5.98. The zero-order valence-corrected chi connectivity index (χ0v) is 11.9. The quantitative estimate of drug-likeness (QED) is 0.908. The number of hydrogen-bond acceptors (Lipinski definition) is 4. The van der Waals surface area contributed by atoms with Crippen molar-refractivity contribution in [3.05, 3.63) is 39.7 Å². The van der Waals surface area contributed by atoms with Gasteiger partial charge in [0.1, 0.15) is 11.6 Å². The van der Waals surface area contributed by atoms with Crippen LogP contribution in [0.25, 0.3) is 0 Å². The van der Waals surface area contributed by atoms with E-state index < -0.39 is 0 Å². The van der Waals surface area contributed by atoms with E-state index in [1.54, 1.807) is 0 Å². The van der Waals surface area contributed by atoms with E-state index in [2.05, 4.69) is 29.4 Å². The highest BCUT2D eigenvalue weighted by Crippen LogP contribution is 2.28. The third-order valence-corrected chi connectivity index (χ3v) is 4.49. The van der Waals surface area contributed by atoms with Gasteiger partial charge in [-0.15, -0.1) is 11.3 Å². The average Bonchev–Trinajstić information content (AvgIpc) is 3.00. The molecule has 1 N–H and O–H groups in total. The molecule has 1 aromatic heterocycles. The van der Waals surface area contributed by atoms with Gasteiger partial charge in [0.25, 0.3) is 0 Å². The first-order valence-corrected chi connectivity index (χ1v) is 7.61. The Balaban J connectivity index is 1.57. The maximum atomic E-state index is 5.88. The van der Waals surface area contributed by atoms with E-state index in [9.17, 15) is 0 Å². The standard InChI is InChI=1S/C15H18N2OS/c1-2-11-5-3-4-6-12(11)18-10-8-14-17-15-13(19-14)7-9-16-15/h3-6,16H,2,7-10H2,1H3. The third-order valence-electron chi connectivity index (χ3n) is 3.31. The van der Waals surface area contributed by atoms with Gasteiger partial charge >= 0.3 is 0 Å². The lowest BCUT2D eigenvalue weighted by Gasteiger charge is -2.09. The maximum Gasteiger partial charge on any atom is 0.140 e. The summed E-state index contributed by atoms with van der Waals surface area (Å²) in [5, 5.41) is 4.48. The summed E-state index contributed by atoms with van der Waals surface area (Å²) in [5.74, 6) is 2.10. The van der Waals surface area contributed by atoms with Crippen LogP contribution in [0.5, 0.6) is 5.75 Å². The largest absolute Gasteiger partial charge is 0.493 e. The van der Waals surface area contributed by atoms with Gasteiger partial charge in [-0.3, -0.25) is 0 Å². The highest BCUT2D eigenvalue weighted by atomic mass is 32.1. The molecule has 1 aliphatic rings. The second-order valence-electron chi connectivity index (χ2n) is 4.62. The Bertz CT molecular complexity index is 544. The molecule has 100 valence electrons. The molecule has 2 aromatic rings. The number of para-hydroxylation sites is 1. The van der Waals surface area contributed by atoms with Crippen molar-refractivity contribution in [1.82, 2.24) is 4.98 Å². The lowest BCUT2D eigenvalue weighted by atomic mass is 10.1. The summed E-state index contributed by atoms with van der Waals surface area (Å²) < 4.78 is 5.88. The Morgan fingerprint density at radius 3 is 3.11 bits per heavy atom. The maximum absolute atomic E-state index is 5.88. The van der Waals surface area contributed by atoms with E-state index in [-0.39, 0.29) is 0 Å². The van der Waals surface area contributed by atoms with Crippen LogP contribution in [0, 0.1) is 0 Å². The van der Waals surface area contributed by atoms with Gasteiger partial charge in [-0.2, -0.15) is 0 Å². The van der Waals surface area contributed by atoms with Crippen LogP contribution in [0.15, 0.2) is 24.3 Å². The number of fused-ring (bicyclic) bond motifs is 1. The number of aromatic nitrogens is 1. The lowest BCUT2D eigenvalue weighted by molar-refractivity contribution is 0.318. The van der Waals surface area contributed by atoms with Crippen LogP contribution in [-0.2, 0) is 19.3 Å². The molecule has 0 radical (unpaired) electrons. The molecule has 0 bridgehead atoms. The zero-order chi connectivity index (χ0) is 13.1. The molecule has 1 aromatic carbocycles. The van der Waals surface area contributed by atoms with Gasteiger partial charge in [-0.1, -0.05) is 25.1 Å². The van der Waals surface area contributed by atoms with Gasteiger partial charge in [0, 0.05) is 19.4 Å². The van der Waals surface area contributed by atoms with Crippen molar-refractivity contribution in [2.45, 2.75) is 26.2 Å². The molecular formula is C15H18N2OS. The monoisotopic (exact) mass is 274 g/mol. The summed E-state index contributed by atoms with van der Waals surface area (Å²) in [6.07, 6.45) is 3.01. The average molecular weight is 274 g/mol. The second kappa shape index (κ2) is 5.61. The molecule has 0 spiro atoms. The molecule has 2 heterocycles. The predicted octanol–water partition coefficient (Wildman–Crippen LogP) is 3.30. The van der Waals surface area contributed by atoms with E-state index >= 15 is 0 Å². The molecule has 0 aliphatic carbocycles. The number of nitrogens with zero attached hydrogens (tertiary/aromatic N) is 1. The number of ether oxygens (including phenoxy) is 1. The van der Waals surface area contributed by atoms with E-state index in [1.165, 1.54) is 15.4 Å². The van der Waals surface area contributed by atoms with E-state index in [0.29, 0.717) is 6.61 Å². The van der Waals surface area contributed by atoms with E-state index in [1.807, 2.05) is 23.5 Å². The van der Waals surface area contributed by atoms with Crippen LogP contribution in [0.1, 0.15) is 22.4 Å². The number of thiazole rings is 1. The van der Waals surface area contributed by atoms with Crippen molar-refractivity contribution >= 4 is 17.2 Å². The summed E-state index contributed by atoms with van der Waals surface area (Å²) in [7, 11) is 0. The minimum absolute atomic E-state index is 0.698. The van der Waals surface area contributed by atoms with Crippen molar-refractivity contribution in [1.29, 1.82) is 0 Å². The Morgan fingerprint density at radius 2 is 2.26 bits per heavy atom. The van der Waals surface area contributed by atoms with Crippen LogP contribution in [-0.4, -0.2) is 18.1 Å². The minimum Gasteiger partial charge on any atom is -0.493 e. The van der Waals surface area contributed by atoms with Crippen LogP contribution in [0.4, 0.5) is 5.82 Å². The van der Waals surface area contributed by atoms with Crippen molar-refractivity contribution in [3.63, 3.8) is 0 Å². The molecule has 0 atom stereocenters. The molecule has 0 saturated carbocycles. The molecular weight excluding hydrogens is 256 g/mol. The Kier molecular flexibility index (Phi) is 3.69. The topological polar surface area (TPSA) is 34.1 Å². The Labute approximate surface area is 117 Å². The molecule has 4 heteroatoms. The van der Waals surface area contributed by atoms with Crippen LogP contribution in [0.2, 0.25) is 0 Å². The number of nitrogens with one attached hydrogen (secondary N) is 1. The zero-order valence-electron chi connectivity index (χ0n) is 11.1. The van der Waals surface area contributed by atoms with Crippen LogP contribution >= 0.6 is 11.3 Å². The van der Waals surface area contributed by atoms with Crippen molar-refractivity contribution in [2.24, 2.45) is 0 Å². The van der Waals surface area contributed by atoms with Crippen LogP contribution < -0.4 is 10.1 Å². The first-order valence-electron chi connectivity index (χ1n) is 6.80. The molecule has 19 heavy (non-hydrogen) atoms. The summed E-state index contributed by atoms with van der Waals surface area (Å²) >= 11 is 1.81.